The number of aliphatic hydroxyl groups is 1. The van der Waals surface area contributed by atoms with Gasteiger partial charge in [0.25, 0.3) is 12.1 Å². The van der Waals surface area contributed by atoms with E-state index in [0.717, 1.165) is 0 Å². The fraction of sp³-hybridized carbons (Fsp3) is 0.500. The van der Waals surface area contributed by atoms with Gasteiger partial charge in [0.05, 0.1) is 18.1 Å². The number of nitrogens with zero attached hydrogens (tertiary/aromatic N) is 2. The Morgan fingerprint density at radius 2 is 2.15 bits per heavy atom. The molecule has 0 bridgehead atoms. The second-order valence-corrected chi connectivity index (χ2v) is 4.09. The van der Waals surface area contributed by atoms with Crippen LogP contribution in [0.1, 0.15) is 6.92 Å². The van der Waals surface area contributed by atoms with Crippen molar-refractivity contribution in [2.75, 3.05) is 36.5 Å². The van der Waals surface area contributed by atoms with E-state index in [4.69, 9.17) is 5.11 Å². The van der Waals surface area contributed by atoms with Crippen LogP contribution < -0.4 is 10.2 Å². The van der Waals surface area contributed by atoms with Crippen molar-refractivity contribution in [3.63, 3.8) is 0 Å². The fourth-order valence-electron chi connectivity index (χ4n) is 1.80. The first-order valence-corrected chi connectivity index (χ1v) is 6.15. The summed E-state index contributed by atoms with van der Waals surface area (Å²) in [4.78, 5) is 11.5. The monoisotopic (exact) mass is 289 g/mol. The Kier molecular flexibility index (Phi) is 6.10. The molecule has 0 radical (unpaired) electrons. The molecular formula is C12H17F2N3O3. The van der Waals surface area contributed by atoms with Crippen LogP contribution in [-0.4, -0.2) is 42.7 Å². The van der Waals surface area contributed by atoms with E-state index in [0.29, 0.717) is 12.2 Å². The van der Waals surface area contributed by atoms with Crippen LogP contribution in [0, 0.1) is 10.1 Å². The highest BCUT2D eigenvalue weighted by atomic mass is 19.3. The quantitative estimate of drug-likeness (QED) is 0.566. The van der Waals surface area contributed by atoms with E-state index in [2.05, 4.69) is 5.32 Å². The molecule has 0 atom stereocenters. The molecule has 0 aliphatic heterocycles. The molecule has 0 fully saturated rings. The molecule has 1 aromatic rings. The Balaban J connectivity index is 3.13. The fourth-order valence-corrected chi connectivity index (χ4v) is 1.80. The second kappa shape index (κ2) is 7.59. The van der Waals surface area contributed by atoms with Crippen LogP contribution in [0.2, 0.25) is 0 Å². The topological polar surface area (TPSA) is 78.6 Å². The molecule has 20 heavy (non-hydrogen) atoms. The van der Waals surface area contributed by atoms with Gasteiger partial charge < -0.3 is 15.3 Å². The lowest BCUT2D eigenvalue weighted by Gasteiger charge is -2.24. The van der Waals surface area contributed by atoms with E-state index >= 15 is 0 Å². The van der Waals surface area contributed by atoms with Crippen molar-refractivity contribution in [1.82, 2.24) is 0 Å². The third-order valence-corrected chi connectivity index (χ3v) is 2.59. The zero-order chi connectivity index (χ0) is 15.1. The largest absolute Gasteiger partial charge is 0.395 e. The molecule has 0 aliphatic carbocycles. The lowest BCUT2D eigenvalue weighted by atomic mass is 10.2. The summed E-state index contributed by atoms with van der Waals surface area (Å²) in [6, 6.07) is 4.11. The first kappa shape index (κ1) is 16.1. The minimum absolute atomic E-state index is 0.0168. The molecule has 6 nitrogen and oxygen atoms in total. The summed E-state index contributed by atoms with van der Waals surface area (Å²) in [5.41, 5.74) is 0.578. The van der Waals surface area contributed by atoms with Crippen molar-refractivity contribution in [2.24, 2.45) is 0 Å². The number of rotatable bonds is 8. The zero-order valence-corrected chi connectivity index (χ0v) is 11.1. The third-order valence-electron chi connectivity index (χ3n) is 2.59. The normalized spacial score (nSPS) is 10.7. The van der Waals surface area contributed by atoms with Crippen LogP contribution in [0.3, 0.4) is 0 Å². The van der Waals surface area contributed by atoms with Crippen LogP contribution in [0.4, 0.5) is 25.8 Å². The van der Waals surface area contributed by atoms with Gasteiger partial charge in [0.1, 0.15) is 0 Å². The van der Waals surface area contributed by atoms with E-state index in [1.54, 1.807) is 6.07 Å². The molecule has 2 N–H and O–H groups in total. The molecule has 1 aromatic carbocycles. The average Bonchev–Trinajstić information content (AvgIpc) is 2.37. The number of halogens is 2. The van der Waals surface area contributed by atoms with Crippen LogP contribution >= 0.6 is 0 Å². The Hall–Kier alpha value is -1.96. The summed E-state index contributed by atoms with van der Waals surface area (Å²) in [6.45, 7) is 1.45. The second-order valence-electron chi connectivity index (χ2n) is 4.09. The van der Waals surface area contributed by atoms with Gasteiger partial charge >= 0.3 is 0 Å². The number of anilines is 2. The number of benzene rings is 1. The van der Waals surface area contributed by atoms with E-state index < -0.39 is 17.9 Å². The van der Waals surface area contributed by atoms with Crippen LogP contribution in [0.5, 0.6) is 0 Å². The Labute approximate surface area is 115 Å². The van der Waals surface area contributed by atoms with Crippen molar-refractivity contribution in [2.45, 2.75) is 13.3 Å². The van der Waals surface area contributed by atoms with Crippen LogP contribution in [0.15, 0.2) is 18.2 Å². The Morgan fingerprint density at radius 1 is 1.45 bits per heavy atom. The summed E-state index contributed by atoms with van der Waals surface area (Å²) in [5, 5.41) is 22.7. The molecule has 0 amide bonds. The van der Waals surface area contributed by atoms with E-state index in [1.807, 2.05) is 6.92 Å². The predicted molar refractivity (Wildman–Crippen MR) is 72.6 cm³/mol. The summed E-state index contributed by atoms with van der Waals surface area (Å²) in [7, 11) is 0. The van der Waals surface area contributed by atoms with Crippen molar-refractivity contribution >= 4 is 17.1 Å². The molecule has 0 spiro atoms. The third kappa shape index (κ3) is 4.61. The van der Waals surface area contributed by atoms with Gasteiger partial charge in [-0.05, 0) is 13.0 Å². The first-order chi connectivity index (χ1) is 9.47. The van der Waals surface area contributed by atoms with Gasteiger partial charge in [-0.25, -0.2) is 8.78 Å². The van der Waals surface area contributed by atoms with Crippen molar-refractivity contribution in [3.8, 4) is 0 Å². The molecule has 0 aromatic heterocycles. The number of hydrogen-bond acceptors (Lipinski definition) is 5. The summed E-state index contributed by atoms with van der Waals surface area (Å²) >= 11 is 0. The molecule has 0 unspecified atom stereocenters. The minimum Gasteiger partial charge on any atom is -0.395 e. The van der Waals surface area contributed by atoms with Gasteiger partial charge in [-0.15, -0.1) is 0 Å². The lowest BCUT2D eigenvalue weighted by molar-refractivity contribution is -0.384. The number of nitro groups is 1. The van der Waals surface area contributed by atoms with E-state index in [9.17, 15) is 18.9 Å². The van der Waals surface area contributed by atoms with Crippen molar-refractivity contribution < 1.29 is 18.8 Å². The summed E-state index contributed by atoms with van der Waals surface area (Å²) in [5.74, 6) is 0. The van der Waals surface area contributed by atoms with Gasteiger partial charge in [-0.1, -0.05) is 0 Å². The maximum absolute atomic E-state index is 12.5. The van der Waals surface area contributed by atoms with Crippen molar-refractivity contribution in [1.29, 1.82) is 0 Å². The van der Waals surface area contributed by atoms with Gasteiger partial charge in [-0.3, -0.25) is 10.1 Å². The molecule has 1 rings (SSSR count). The average molecular weight is 289 g/mol. The molecule has 0 saturated heterocycles. The number of alkyl halides is 2. The Bertz CT molecular complexity index is 458. The highest BCUT2D eigenvalue weighted by molar-refractivity contribution is 5.64. The maximum atomic E-state index is 12.5. The standard InChI is InChI=1S/C12H17F2N3O3/c1-2-15-9-5-10(7-11(6-9)17(19)20)16(3-4-18)8-12(13)14/h5-7,12,15,18H,2-4,8H2,1H3. The van der Waals surface area contributed by atoms with E-state index in [-0.39, 0.29) is 24.5 Å². The number of non-ortho nitro benzene ring substituents is 1. The molecule has 0 saturated carbocycles. The molecule has 0 aliphatic rings. The molecule has 112 valence electrons. The van der Waals surface area contributed by atoms with Gasteiger partial charge in [0.15, 0.2) is 0 Å². The lowest BCUT2D eigenvalue weighted by Crippen LogP contribution is -2.31. The zero-order valence-electron chi connectivity index (χ0n) is 11.1. The van der Waals surface area contributed by atoms with Gasteiger partial charge in [-0.2, -0.15) is 0 Å². The first-order valence-electron chi connectivity index (χ1n) is 6.15. The number of aliphatic hydroxyl groups excluding tert-OH is 1. The number of nitro benzene ring substituents is 1. The van der Waals surface area contributed by atoms with E-state index in [1.165, 1.54) is 17.0 Å². The Morgan fingerprint density at radius 3 is 2.65 bits per heavy atom. The highest BCUT2D eigenvalue weighted by Crippen LogP contribution is 2.27. The predicted octanol–water partition coefficient (Wildman–Crippen LogP) is 2.09. The smallest absolute Gasteiger partial charge is 0.273 e. The van der Waals surface area contributed by atoms with Crippen molar-refractivity contribution in [3.05, 3.63) is 28.3 Å². The molecule has 0 heterocycles. The molecule has 8 heteroatoms. The maximum Gasteiger partial charge on any atom is 0.273 e. The summed E-state index contributed by atoms with van der Waals surface area (Å²) in [6.07, 6.45) is -2.59. The van der Waals surface area contributed by atoms with Crippen LogP contribution in [-0.2, 0) is 0 Å². The highest BCUT2D eigenvalue weighted by Gasteiger charge is 2.17. The summed E-state index contributed by atoms with van der Waals surface area (Å²) < 4.78 is 25.1. The number of hydrogen-bond donors (Lipinski definition) is 2. The van der Waals surface area contributed by atoms with Crippen LogP contribution in [0.25, 0.3) is 0 Å². The van der Waals surface area contributed by atoms with Gasteiger partial charge in [0.2, 0.25) is 0 Å². The van der Waals surface area contributed by atoms with Gasteiger partial charge in [0, 0.05) is 36.6 Å². The number of nitrogens with one attached hydrogen (secondary N) is 1. The SMILES string of the molecule is CCNc1cc(N(CCO)CC(F)F)cc([N+](=O)[O-])c1. The minimum atomic E-state index is -2.59. The molecular weight excluding hydrogens is 272 g/mol.